The lowest BCUT2D eigenvalue weighted by molar-refractivity contribution is -0.140. The first-order valence-corrected chi connectivity index (χ1v) is 8.25. The second kappa shape index (κ2) is 13.0. The van der Waals surface area contributed by atoms with E-state index in [2.05, 4.69) is 21.6 Å². The van der Waals surface area contributed by atoms with Crippen LogP contribution in [0, 0.1) is 5.92 Å². The molecule has 1 fully saturated rings. The standard InChI is InChI=1S/C16H31N3O2.HI/c1-14-9-12-19(13-10-14)16(17)18-11-7-5-3-4-6-8-15(20)21-2;/h14H,3-13H2,1-2H3,(H2,17,18);1H. The summed E-state index contributed by atoms with van der Waals surface area (Å²) in [6, 6.07) is 0. The van der Waals surface area contributed by atoms with Gasteiger partial charge in [-0.3, -0.25) is 9.79 Å². The first-order valence-electron chi connectivity index (χ1n) is 8.25. The SMILES string of the molecule is COC(=O)CCCCCCCN=C(N)N1CCC(C)CC1.I. The van der Waals surface area contributed by atoms with Gasteiger partial charge in [0.25, 0.3) is 0 Å². The summed E-state index contributed by atoms with van der Waals surface area (Å²) in [4.78, 5) is 17.6. The second-order valence-electron chi connectivity index (χ2n) is 6.00. The molecular weight excluding hydrogens is 393 g/mol. The van der Waals surface area contributed by atoms with Crippen LogP contribution in [0.4, 0.5) is 0 Å². The molecule has 5 nitrogen and oxygen atoms in total. The van der Waals surface area contributed by atoms with Crippen LogP contribution in [0.5, 0.6) is 0 Å². The molecule has 1 rings (SSSR count). The molecule has 0 aromatic heterocycles. The Labute approximate surface area is 152 Å². The van der Waals surface area contributed by atoms with Crippen molar-refractivity contribution in [3.63, 3.8) is 0 Å². The van der Waals surface area contributed by atoms with E-state index in [9.17, 15) is 4.79 Å². The fraction of sp³-hybridized carbons (Fsp3) is 0.875. The molecule has 2 N–H and O–H groups in total. The van der Waals surface area contributed by atoms with Crippen molar-refractivity contribution >= 4 is 35.9 Å². The van der Waals surface area contributed by atoms with E-state index in [0.717, 1.165) is 57.7 Å². The van der Waals surface area contributed by atoms with Crippen molar-refractivity contribution in [3.8, 4) is 0 Å². The number of hydrogen-bond donors (Lipinski definition) is 1. The molecule has 0 atom stereocenters. The van der Waals surface area contributed by atoms with E-state index in [1.807, 2.05) is 0 Å². The number of nitrogens with two attached hydrogens (primary N) is 1. The molecule has 0 aromatic carbocycles. The number of rotatable bonds is 8. The predicted octanol–water partition coefficient (Wildman–Crippen LogP) is 3.16. The maximum absolute atomic E-state index is 10.9. The quantitative estimate of drug-likeness (QED) is 0.213. The van der Waals surface area contributed by atoms with Crippen molar-refractivity contribution in [2.45, 2.75) is 58.3 Å². The fourth-order valence-corrected chi connectivity index (χ4v) is 2.54. The van der Waals surface area contributed by atoms with Gasteiger partial charge in [-0.05, 0) is 31.6 Å². The largest absolute Gasteiger partial charge is 0.469 e. The van der Waals surface area contributed by atoms with Crippen LogP contribution < -0.4 is 5.73 Å². The van der Waals surface area contributed by atoms with Crippen molar-refractivity contribution < 1.29 is 9.53 Å². The molecule has 6 heteroatoms. The van der Waals surface area contributed by atoms with Gasteiger partial charge in [-0.15, -0.1) is 24.0 Å². The van der Waals surface area contributed by atoms with Gasteiger partial charge in [0.1, 0.15) is 0 Å². The molecule has 1 aliphatic rings. The number of guanidine groups is 1. The molecule has 0 unspecified atom stereocenters. The van der Waals surface area contributed by atoms with Crippen LogP contribution in [-0.4, -0.2) is 43.6 Å². The lowest BCUT2D eigenvalue weighted by Gasteiger charge is -2.31. The molecule has 130 valence electrons. The van der Waals surface area contributed by atoms with Crippen molar-refractivity contribution in [1.29, 1.82) is 0 Å². The summed E-state index contributed by atoms with van der Waals surface area (Å²) >= 11 is 0. The van der Waals surface area contributed by atoms with Crippen LogP contribution >= 0.6 is 24.0 Å². The van der Waals surface area contributed by atoms with E-state index in [-0.39, 0.29) is 29.9 Å². The van der Waals surface area contributed by atoms with Gasteiger partial charge in [-0.2, -0.15) is 0 Å². The topological polar surface area (TPSA) is 67.9 Å². The van der Waals surface area contributed by atoms with Crippen molar-refractivity contribution in [1.82, 2.24) is 4.90 Å². The minimum atomic E-state index is -0.108. The molecule has 0 spiro atoms. The number of ether oxygens (including phenoxy) is 1. The molecule has 0 radical (unpaired) electrons. The summed E-state index contributed by atoms with van der Waals surface area (Å²) in [5.74, 6) is 1.43. The fourth-order valence-electron chi connectivity index (χ4n) is 2.54. The number of piperidine rings is 1. The smallest absolute Gasteiger partial charge is 0.305 e. The number of unbranched alkanes of at least 4 members (excludes halogenated alkanes) is 4. The van der Waals surface area contributed by atoms with Gasteiger partial charge in [0, 0.05) is 26.1 Å². The van der Waals surface area contributed by atoms with Crippen LogP contribution in [0.3, 0.4) is 0 Å². The first kappa shape index (κ1) is 21.5. The number of nitrogens with zero attached hydrogens (tertiary/aromatic N) is 2. The van der Waals surface area contributed by atoms with Crippen molar-refractivity contribution in [2.75, 3.05) is 26.7 Å². The number of likely N-dealkylation sites (tertiary alicyclic amines) is 1. The third kappa shape index (κ3) is 9.48. The second-order valence-corrected chi connectivity index (χ2v) is 6.00. The minimum Gasteiger partial charge on any atom is -0.469 e. The number of carbonyl (C=O) groups is 1. The molecule has 0 amide bonds. The van der Waals surface area contributed by atoms with E-state index in [1.54, 1.807) is 0 Å². The van der Waals surface area contributed by atoms with Crippen molar-refractivity contribution in [2.24, 2.45) is 16.6 Å². The first-order chi connectivity index (χ1) is 10.1. The van der Waals surface area contributed by atoms with E-state index in [1.165, 1.54) is 20.0 Å². The summed E-state index contributed by atoms with van der Waals surface area (Å²) in [7, 11) is 1.44. The summed E-state index contributed by atoms with van der Waals surface area (Å²) in [6.45, 7) is 5.20. The van der Waals surface area contributed by atoms with Gasteiger partial charge in [0.05, 0.1) is 7.11 Å². The third-order valence-corrected chi connectivity index (χ3v) is 4.15. The van der Waals surface area contributed by atoms with Gasteiger partial charge in [0.15, 0.2) is 5.96 Å². The molecule has 0 saturated carbocycles. The Kier molecular flexibility index (Phi) is 12.6. The number of halogens is 1. The Morgan fingerprint density at radius 3 is 2.41 bits per heavy atom. The predicted molar refractivity (Wildman–Crippen MR) is 102 cm³/mol. The number of carbonyl (C=O) groups excluding carboxylic acids is 1. The summed E-state index contributed by atoms with van der Waals surface area (Å²) in [5.41, 5.74) is 6.03. The molecular formula is C16H32IN3O2. The van der Waals surface area contributed by atoms with Gasteiger partial charge < -0.3 is 15.4 Å². The average molecular weight is 425 g/mol. The molecule has 1 aliphatic heterocycles. The average Bonchev–Trinajstić information content (AvgIpc) is 2.50. The Hall–Kier alpha value is -0.530. The van der Waals surface area contributed by atoms with E-state index < -0.39 is 0 Å². The zero-order valence-corrected chi connectivity index (χ0v) is 16.4. The number of methoxy groups -OCH3 is 1. The van der Waals surface area contributed by atoms with Crippen LogP contribution in [0.2, 0.25) is 0 Å². The number of esters is 1. The van der Waals surface area contributed by atoms with Gasteiger partial charge in [-0.1, -0.05) is 26.2 Å². The summed E-state index contributed by atoms with van der Waals surface area (Å²) < 4.78 is 4.61. The number of aliphatic imine (C=N–C) groups is 1. The van der Waals surface area contributed by atoms with Gasteiger partial charge in [0.2, 0.25) is 0 Å². The molecule has 0 aliphatic carbocycles. The normalized spacial score (nSPS) is 16.3. The Morgan fingerprint density at radius 1 is 1.18 bits per heavy atom. The zero-order chi connectivity index (χ0) is 15.5. The van der Waals surface area contributed by atoms with Gasteiger partial charge in [-0.25, -0.2) is 0 Å². The minimum absolute atomic E-state index is 0. The van der Waals surface area contributed by atoms with Crippen LogP contribution in [0.1, 0.15) is 58.3 Å². The summed E-state index contributed by atoms with van der Waals surface area (Å²) in [5, 5.41) is 0. The van der Waals surface area contributed by atoms with Gasteiger partial charge >= 0.3 is 5.97 Å². The Bertz CT molecular complexity index is 329. The van der Waals surface area contributed by atoms with Crippen LogP contribution in [-0.2, 0) is 9.53 Å². The van der Waals surface area contributed by atoms with Crippen LogP contribution in [0.25, 0.3) is 0 Å². The highest BCUT2D eigenvalue weighted by Crippen LogP contribution is 2.15. The third-order valence-electron chi connectivity index (χ3n) is 4.15. The van der Waals surface area contributed by atoms with E-state index >= 15 is 0 Å². The highest BCUT2D eigenvalue weighted by molar-refractivity contribution is 14.0. The Morgan fingerprint density at radius 2 is 1.77 bits per heavy atom. The number of hydrogen-bond acceptors (Lipinski definition) is 3. The molecule has 22 heavy (non-hydrogen) atoms. The van der Waals surface area contributed by atoms with Crippen molar-refractivity contribution in [3.05, 3.63) is 0 Å². The van der Waals surface area contributed by atoms with E-state index in [0.29, 0.717) is 12.4 Å². The highest BCUT2D eigenvalue weighted by atomic mass is 127. The zero-order valence-electron chi connectivity index (χ0n) is 14.1. The molecule has 1 heterocycles. The lowest BCUT2D eigenvalue weighted by atomic mass is 10.00. The Balaban J connectivity index is 0.00000441. The highest BCUT2D eigenvalue weighted by Gasteiger charge is 2.16. The molecule has 0 aromatic rings. The van der Waals surface area contributed by atoms with Crippen LogP contribution in [0.15, 0.2) is 4.99 Å². The lowest BCUT2D eigenvalue weighted by Crippen LogP contribution is -2.42. The maximum Gasteiger partial charge on any atom is 0.305 e. The maximum atomic E-state index is 10.9. The monoisotopic (exact) mass is 425 g/mol. The summed E-state index contributed by atoms with van der Waals surface area (Å²) in [6.07, 6.45) is 8.34. The van der Waals surface area contributed by atoms with E-state index in [4.69, 9.17) is 5.73 Å². The molecule has 1 saturated heterocycles. The molecule has 0 bridgehead atoms.